The lowest BCUT2D eigenvalue weighted by atomic mass is 10.2. The number of carbonyl (C=O) groups is 1. The van der Waals surface area contributed by atoms with Gasteiger partial charge in [0.25, 0.3) is 0 Å². The van der Waals surface area contributed by atoms with Crippen molar-refractivity contribution in [1.29, 1.82) is 0 Å². The number of sulfonamides is 1. The maximum absolute atomic E-state index is 12.3. The average Bonchev–Trinajstić information content (AvgIpc) is 2.82. The van der Waals surface area contributed by atoms with Crippen molar-refractivity contribution in [3.05, 3.63) is 47.7 Å². The summed E-state index contributed by atoms with van der Waals surface area (Å²) in [6.45, 7) is 3.04. The van der Waals surface area contributed by atoms with Gasteiger partial charge >= 0.3 is 5.97 Å². The summed E-state index contributed by atoms with van der Waals surface area (Å²) < 4.78 is 31.9. The van der Waals surface area contributed by atoms with Gasteiger partial charge in [0.2, 0.25) is 15.8 Å². The van der Waals surface area contributed by atoms with Crippen molar-refractivity contribution in [3.63, 3.8) is 0 Å². The van der Waals surface area contributed by atoms with Crippen LogP contribution in [-0.4, -0.2) is 24.5 Å². The van der Waals surface area contributed by atoms with E-state index in [0.29, 0.717) is 5.69 Å². The van der Waals surface area contributed by atoms with Crippen molar-refractivity contribution in [2.75, 3.05) is 0 Å². The van der Waals surface area contributed by atoms with Crippen LogP contribution in [0.3, 0.4) is 0 Å². The summed E-state index contributed by atoms with van der Waals surface area (Å²) >= 11 is 0. The van der Waals surface area contributed by atoms with Gasteiger partial charge in [0, 0.05) is 12.3 Å². The van der Waals surface area contributed by atoms with Crippen LogP contribution in [0.5, 0.6) is 0 Å². The lowest BCUT2D eigenvalue weighted by Crippen LogP contribution is -2.27. The minimum absolute atomic E-state index is 0.0214. The second kappa shape index (κ2) is 5.66. The first-order chi connectivity index (χ1) is 9.81. The van der Waals surface area contributed by atoms with E-state index in [1.807, 2.05) is 0 Å². The molecular weight excluding hydrogens is 296 g/mol. The van der Waals surface area contributed by atoms with Crippen molar-refractivity contribution in [3.8, 4) is 0 Å². The Labute approximate surface area is 121 Å². The lowest BCUT2D eigenvalue weighted by Gasteiger charge is -2.13. The zero-order valence-corrected chi connectivity index (χ0v) is 12.2. The first-order valence-corrected chi connectivity index (χ1v) is 7.56. The third kappa shape index (κ3) is 3.29. The lowest BCUT2D eigenvalue weighted by molar-refractivity contribution is 0.0661. The van der Waals surface area contributed by atoms with Crippen LogP contribution in [0.15, 0.2) is 39.8 Å². The number of hydrogen-bond acceptors (Lipinski definition) is 5. The number of pyridine rings is 1. The van der Waals surface area contributed by atoms with E-state index in [2.05, 4.69) is 9.71 Å². The first kappa shape index (κ1) is 15.2. The molecule has 0 spiro atoms. The molecule has 0 aliphatic carbocycles. The molecule has 0 bridgehead atoms. The Kier molecular flexibility index (Phi) is 4.10. The summed E-state index contributed by atoms with van der Waals surface area (Å²) in [5.41, 5.74) is 0.556. The molecule has 0 aliphatic heterocycles. The largest absolute Gasteiger partial charge is 0.475 e. The van der Waals surface area contributed by atoms with Crippen LogP contribution in [0.1, 0.15) is 35.0 Å². The van der Waals surface area contributed by atoms with E-state index in [4.69, 9.17) is 9.52 Å². The fourth-order valence-electron chi connectivity index (χ4n) is 1.83. The summed E-state index contributed by atoms with van der Waals surface area (Å²) in [4.78, 5) is 14.7. The number of rotatable bonds is 5. The number of aryl methyl sites for hydroxylation is 1. The van der Waals surface area contributed by atoms with E-state index in [1.54, 1.807) is 31.3 Å². The van der Waals surface area contributed by atoms with Crippen molar-refractivity contribution in [1.82, 2.24) is 9.71 Å². The second-order valence-electron chi connectivity index (χ2n) is 4.43. The number of furan rings is 1. The molecular formula is C13H14N2O5S. The highest BCUT2D eigenvalue weighted by Gasteiger charge is 2.25. The zero-order chi connectivity index (χ0) is 15.6. The zero-order valence-electron chi connectivity index (χ0n) is 11.4. The molecule has 112 valence electrons. The molecule has 2 aromatic rings. The molecule has 2 aromatic heterocycles. The Morgan fingerprint density at radius 3 is 2.67 bits per heavy atom. The molecule has 2 N–H and O–H groups in total. The highest BCUT2D eigenvalue weighted by Crippen LogP contribution is 2.22. The van der Waals surface area contributed by atoms with Gasteiger partial charge in [-0.15, -0.1) is 0 Å². The van der Waals surface area contributed by atoms with Crippen LogP contribution in [-0.2, 0) is 10.0 Å². The summed E-state index contributed by atoms with van der Waals surface area (Å²) in [7, 11) is -3.90. The molecule has 21 heavy (non-hydrogen) atoms. The number of carboxylic acids is 1. The van der Waals surface area contributed by atoms with Crippen molar-refractivity contribution in [2.45, 2.75) is 24.8 Å². The van der Waals surface area contributed by atoms with Crippen molar-refractivity contribution >= 4 is 16.0 Å². The van der Waals surface area contributed by atoms with Crippen LogP contribution < -0.4 is 4.72 Å². The molecule has 0 unspecified atom stereocenters. The monoisotopic (exact) mass is 310 g/mol. The molecule has 0 fully saturated rings. The number of aromatic nitrogens is 1. The maximum Gasteiger partial charge on any atom is 0.371 e. The third-order valence-corrected chi connectivity index (χ3v) is 4.48. The molecule has 0 radical (unpaired) electrons. The van der Waals surface area contributed by atoms with Gasteiger partial charge in [-0.1, -0.05) is 6.07 Å². The summed E-state index contributed by atoms with van der Waals surface area (Å²) in [6.07, 6.45) is 1.56. The Hall–Kier alpha value is -2.19. The van der Waals surface area contributed by atoms with Crippen LogP contribution in [0.4, 0.5) is 0 Å². The van der Waals surface area contributed by atoms with Gasteiger partial charge in [-0.3, -0.25) is 4.98 Å². The number of carboxylic acid groups (broad SMARTS) is 1. The third-order valence-electron chi connectivity index (χ3n) is 2.84. The number of hydrogen-bond donors (Lipinski definition) is 2. The predicted molar refractivity (Wildman–Crippen MR) is 73.4 cm³/mol. The molecule has 8 heteroatoms. The van der Waals surface area contributed by atoms with E-state index in [-0.39, 0.29) is 10.7 Å². The quantitative estimate of drug-likeness (QED) is 0.870. The molecule has 0 aromatic carbocycles. The van der Waals surface area contributed by atoms with E-state index in [1.165, 1.54) is 6.92 Å². The van der Waals surface area contributed by atoms with Gasteiger partial charge < -0.3 is 9.52 Å². The minimum Gasteiger partial charge on any atom is -0.475 e. The number of nitrogens with one attached hydrogen (secondary N) is 1. The SMILES string of the molecule is Cc1oc(C(=O)O)cc1S(=O)(=O)N[C@H](C)c1ccccn1. The Balaban J connectivity index is 2.29. The molecule has 1 atom stereocenters. The fraction of sp³-hybridized carbons (Fsp3) is 0.231. The van der Waals surface area contributed by atoms with E-state index in [0.717, 1.165) is 6.07 Å². The molecule has 7 nitrogen and oxygen atoms in total. The van der Waals surface area contributed by atoms with Crippen LogP contribution in [0, 0.1) is 6.92 Å². The average molecular weight is 310 g/mol. The Morgan fingerprint density at radius 1 is 1.43 bits per heavy atom. The highest BCUT2D eigenvalue weighted by atomic mass is 32.2. The molecule has 0 amide bonds. The van der Waals surface area contributed by atoms with Gasteiger partial charge in [-0.25, -0.2) is 17.9 Å². The molecule has 0 saturated heterocycles. The predicted octanol–water partition coefficient (Wildman–Crippen LogP) is 1.72. The number of nitrogens with zero attached hydrogens (tertiary/aromatic N) is 1. The van der Waals surface area contributed by atoms with Crippen molar-refractivity contribution in [2.24, 2.45) is 0 Å². The second-order valence-corrected chi connectivity index (χ2v) is 6.12. The summed E-state index contributed by atoms with van der Waals surface area (Å²) in [6, 6.07) is 5.60. The van der Waals surface area contributed by atoms with E-state index in [9.17, 15) is 13.2 Å². The van der Waals surface area contributed by atoms with E-state index < -0.39 is 27.8 Å². The standard InChI is InChI=1S/C13H14N2O5S/c1-8(10-5-3-4-6-14-10)15-21(18,19)12-7-11(13(16)17)20-9(12)2/h3-8,15H,1-2H3,(H,16,17)/t8-/m1/s1. The van der Waals surface area contributed by atoms with E-state index >= 15 is 0 Å². The summed E-state index contributed by atoms with van der Waals surface area (Å²) in [5.74, 6) is -1.72. The topological polar surface area (TPSA) is 109 Å². The highest BCUT2D eigenvalue weighted by molar-refractivity contribution is 7.89. The van der Waals surface area contributed by atoms with Gasteiger partial charge in [0.1, 0.15) is 10.7 Å². The molecule has 0 saturated carbocycles. The molecule has 0 aliphatic rings. The van der Waals surface area contributed by atoms with Crippen LogP contribution in [0.2, 0.25) is 0 Å². The van der Waals surface area contributed by atoms with Crippen LogP contribution in [0.25, 0.3) is 0 Å². The Bertz CT molecular complexity index is 752. The smallest absolute Gasteiger partial charge is 0.371 e. The summed E-state index contributed by atoms with van der Waals surface area (Å²) in [5, 5.41) is 8.83. The molecule has 2 rings (SSSR count). The van der Waals surface area contributed by atoms with Gasteiger partial charge in [-0.2, -0.15) is 0 Å². The van der Waals surface area contributed by atoms with Crippen LogP contribution >= 0.6 is 0 Å². The molecule has 2 heterocycles. The van der Waals surface area contributed by atoms with Crippen molar-refractivity contribution < 1.29 is 22.7 Å². The fourth-order valence-corrected chi connectivity index (χ4v) is 3.22. The normalized spacial score (nSPS) is 13.0. The maximum atomic E-state index is 12.3. The number of aromatic carboxylic acids is 1. The van der Waals surface area contributed by atoms with Gasteiger partial charge in [0.05, 0.1) is 11.7 Å². The minimum atomic E-state index is -3.90. The first-order valence-electron chi connectivity index (χ1n) is 6.08. The van der Waals surface area contributed by atoms with Gasteiger partial charge in [-0.05, 0) is 26.0 Å². The van der Waals surface area contributed by atoms with Gasteiger partial charge in [0.15, 0.2) is 0 Å². The Morgan fingerprint density at radius 2 is 2.14 bits per heavy atom.